The zero-order valence-electron chi connectivity index (χ0n) is 16.3. The number of rotatable bonds is 7. The van der Waals surface area contributed by atoms with Crippen LogP contribution in [0.2, 0.25) is 5.02 Å². The predicted molar refractivity (Wildman–Crippen MR) is 107 cm³/mol. The third-order valence-electron chi connectivity index (χ3n) is 5.06. The van der Waals surface area contributed by atoms with Crippen LogP contribution in [0, 0.1) is 11.2 Å². The lowest BCUT2D eigenvalue weighted by molar-refractivity contribution is -0.164. The number of ether oxygens (including phenoxy) is 2. The van der Waals surface area contributed by atoms with Gasteiger partial charge in [0.05, 0.1) is 18.1 Å². The summed E-state index contributed by atoms with van der Waals surface area (Å²) in [7, 11) is -4.18. The van der Waals surface area contributed by atoms with Crippen molar-refractivity contribution in [1.29, 1.82) is 0 Å². The molecule has 2 aromatic carbocycles. The molecule has 1 aliphatic rings. The molecule has 0 N–H and O–H groups in total. The van der Waals surface area contributed by atoms with Crippen molar-refractivity contribution in [2.75, 3.05) is 13.2 Å². The van der Waals surface area contributed by atoms with Gasteiger partial charge in [0.1, 0.15) is 11.1 Å². The highest BCUT2D eigenvalue weighted by Crippen LogP contribution is 2.65. The highest BCUT2D eigenvalue weighted by atomic mass is 35.5. The van der Waals surface area contributed by atoms with Crippen LogP contribution in [0.5, 0.6) is 0 Å². The van der Waals surface area contributed by atoms with Gasteiger partial charge in [0.25, 0.3) is 0 Å². The smallest absolute Gasteiger partial charge is 0.325 e. The van der Waals surface area contributed by atoms with Gasteiger partial charge < -0.3 is 9.47 Å². The van der Waals surface area contributed by atoms with E-state index in [1.165, 1.54) is 36.4 Å². The lowest BCUT2D eigenvalue weighted by Crippen LogP contribution is -2.35. The van der Waals surface area contributed by atoms with E-state index in [9.17, 15) is 22.4 Å². The van der Waals surface area contributed by atoms with Gasteiger partial charge in [0, 0.05) is 10.9 Å². The summed E-state index contributed by atoms with van der Waals surface area (Å²) in [6, 6.07) is 10.4. The van der Waals surface area contributed by atoms with Crippen LogP contribution in [-0.2, 0) is 28.9 Å². The number of carbonyl (C=O) groups excluding carboxylic acids is 2. The summed E-state index contributed by atoms with van der Waals surface area (Å²) in [5.74, 6) is -3.59. The highest BCUT2D eigenvalue weighted by Gasteiger charge is 2.81. The molecule has 2 aromatic rings. The first kappa shape index (κ1) is 22.2. The van der Waals surface area contributed by atoms with Gasteiger partial charge in [-0.3, -0.25) is 9.59 Å². The van der Waals surface area contributed by atoms with Crippen molar-refractivity contribution in [3.05, 3.63) is 64.9 Å². The molecule has 1 fully saturated rings. The molecule has 1 saturated carbocycles. The highest BCUT2D eigenvalue weighted by molar-refractivity contribution is 7.92. The average Bonchev–Trinajstić information content (AvgIpc) is 3.42. The maximum absolute atomic E-state index is 13.5. The van der Waals surface area contributed by atoms with Gasteiger partial charge in [0.15, 0.2) is 15.3 Å². The van der Waals surface area contributed by atoms with E-state index >= 15 is 0 Å². The Labute approximate surface area is 178 Å². The Bertz CT molecular complexity index is 1030. The van der Waals surface area contributed by atoms with Crippen molar-refractivity contribution < 1.29 is 31.9 Å². The minimum atomic E-state index is -4.18. The fourth-order valence-electron chi connectivity index (χ4n) is 3.73. The summed E-state index contributed by atoms with van der Waals surface area (Å²) in [6.45, 7) is 3.00. The van der Waals surface area contributed by atoms with Gasteiger partial charge in [-0.05, 0) is 55.8 Å². The first-order chi connectivity index (χ1) is 14.2. The number of hydrogen-bond donors (Lipinski definition) is 0. The molecule has 0 radical (unpaired) electrons. The quantitative estimate of drug-likeness (QED) is 0.470. The number of halogens is 2. The second-order valence-corrected chi connectivity index (χ2v) is 9.26. The molecule has 0 bridgehead atoms. The van der Waals surface area contributed by atoms with Gasteiger partial charge in [0.2, 0.25) is 0 Å². The molecule has 0 saturated heterocycles. The second-order valence-electron chi connectivity index (χ2n) is 6.76. The van der Waals surface area contributed by atoms with Crippen molar-refractivity contribution in [2.45, 2.75) is 29.9 Å². The summed E-state index contributed by atoms with van der Waals surface area (Å²) in [5.41, 5.74) is -1.76. The summed E-state index contributed by atoms with van der Waals surface area (Å²) >= 11 is 5.86. The summed E-state index contributed by atoms with van der Waals surface area (Å²) in [4.78, 5) is 25.8. The van der Waals surface area contributed by atoms with Crippen molar-refractivity contribution in [2.24, 2.45) is 5.41 Å². The molecular weight excluding hydrogens is 435 g/mol. The van der Waals surface area contributed by atoms with Gasteiger partial charge in [-0.25, -0.2) is 12.8 Å². The minimum absolute atomic E-state index is 0.0517. The van der Waals surface area contributed by atoms with Crippen LogP contribution in [0.1, 0.15) is 25.3 Å². The molecule has 0 heterocycles. The van der Waals surface area contributed by atoms with E-state index in [0.29, 0.717) is 10.6 Å². The van der Waals surface area contributed by atoms with E-state index in [4.69, 9.17) is 21.1 Å². The number of esters is 2. The molecule has 1 aliphatic carbocycles. The van der Waals surface area contributed by atoms with Gasteiger partial charge in [-0.15, -0.1) is 0 Å². The van der Waals surface area contributed by atoms with Crippen LogP contribution in [0.15, 0.2) is 53.4 Å². The fourth-order valence-corrected chi connectivity index (χ4v) is 6.14. The maximum Gasteiger partial charge on any atom is 0.325 e. The van der Waals surface area contributed by atoms with Crippen molar-refractivity contribution in [3.8, 4) is 0 Å². The number of sulfone groups is 1. The zero-order valence-corrected chi connectivity index (χ0v) is 17.9. The Kier molecular flexibility index (Phi) is 6.19. The monoisotopic (exact) mass is 454 g/mol. The zero-order chi connectivity index (χ0) is 22.1. The van der Waals surface area contributed by atoms with Crippen LogP contribution in [-0.4, -0.2) is 38.8 Å². The largest absolute Gasteiger partial charge is 0.465 e. The normalized spacial score (nSPS) is 19.7. The van der Waals surface area contributed by atoms with Crippen LogP contribution in [0.25, 0.3) is 0 Å². The summed E-state index contributed by atoms with van der Waals surface area (Å²) < 4.78 is 50.5. The Morgan fingerprint density at radius 1 is 0.967 bits per heavy atom. The third kappa shape index (κ3) is 3.58. The molecular formula is C21H20ClFO6S. The Hall–Kier alpha value is -2.45. The predicted octanol–water partition coefficient (Wildman–Crippen LogP) is 3.53. The third-order valence-corrected chi connectivity index (χ3v) is 7.56. The number of benzene rings is 2. The van der Waals surface area contributed by atoms with Crippen LogP contribution >= 0.6 is 11.6 Å². The molecule has 6 nitrogen and oxygen atoms in total. The van der Waals surface area contributed by atoms with Gasteiger partial charge in [-0.2, -0.15) is 0 Å². The van der Waals surface area contributed by atoms with Crippen molar-refractivity contribution >= 4 is 33.4 Å². The fraction of sp³-hybridized carbons (Fsp3) is 0.333. The van der Waals surface area contributed by atoms with E-state index in [1.54, 1.807) is 13.8 Å². The first-order valence-corrected chi connectivity index (χ1v) is 11.2. The minimum Gasteiger partial charge on any atom is -0.465 e. The van der Waals surface area contributed by atoms with E-state index in [2.05, 4.69) is 0 Å². The molecule has 9 heteroatoms. The van der Waals surface area contributed by atoms with E-state index in [-0.39, 0.29) is 18.1 Å². The number of carbonyl (C=O) groups is 2. The lowest BCUT2D eigenvalue weighted by Gasteiger charge is -2.15. The molecule has 2 atom stereocenters. The molecule has 0 amide bonds. The Morgan fingerprint density at radius 3 is 1.93 bits per heavy atom. The first-order valence-electron chi connectivity index (χ1n) is 9.30. The second kappa shape index (κ2) is 8.35. The average molecular weight is 455 g/mol. The van der Waals surface area contributed by atoms with Crippen molar-refractivity contribution in [1.82, 2.24) is 0 Å². The standard InChI is InChI=1S/C21H20ClFO6S/c1-3-28-19(24)21(20(25)29-4-2)17(13-5-9-15(23)10-6-13)18(21)30(26,27)16-11-7-14(22)8-12-16/h5-12,17-18H,3-4H2,1-2H3/t17-,18-/m0/s1. The summed E-state index contributed by atoms with van der Waals surface area (Å²) in [5, 5.41) is -1.13. The van der Waals surface area contributed by atoms with Gasteiger partial charge in [-0.1, -0.05) is 23.7 Å². The molecule has 30 heavy (non-hydrogen) atoms. The summed E-state index contributed by atoms with van der Waals surface area (Å²) in [6.07, 6.45) is 0. The number of hydrogen-bond acceptors (Lipinski definition) is 6. The Morgan fingerprint density at radius 2 is 1.47 bits per heavy atom. The molecule has 0 aromatic heterocycles. The molecule has 0 aliphatic heterocycles. The topological polar surface area (TPSA) is 86.7 Å². The van der Waals surface area contributed by atoms with Crippen LogP contribution in [0.4, 0.5) is 4.39 Å². The van der Waals surface area contributed by atoms with Gasteiger partial charge >= 0.3 is 11.9 Å². The molecule has 0 spiro atoms. The SMILES string of the molecule is CCOC(=O)C1(C(=O)OCC)[C@@H](c2ccc(F)cc2)[C@@H]1S(=O)(=O)c1ccc(Cl)cc1. The molecule has 3 rings (SSSR count). The lowest BCUT2D eigenvalue weighted by atomic mass is 9.99. The van der Waals surface area contributed by atoms with Crippen LogP contribution in [0.3, 0.4) is 0 Å². The maximum atomic E-state index is 13.5. The van der Waals surface area contributed by atoms with Crippen LogP contribution < -0.4 is 0 Å². The van der Waals surface area contributed by atoms with E-state index < -0.39 is 44.2 Å². The van der Waals surface area contributed by atoms with E-state index in [1.807, 2.05) is 0 Å². The van der Waals surface area contributed by atoms with Crippen molar-refractivity contribution in [3.63, 3.8) is 0 Å². The Balaban J connectivity index is 2.19. The molecule has 0 unspecified atom stereocenters. The molecule has 160 valence electrons. The van der Waals surface area contributed by atoms with E-state index in [0.717, 1.165) is 12.1 Å².